The first-order valence-corrected chi connectivity index (χ1v) is 6.70. The number of rotatable bonds is 4. The van der Waals surface area contributed by atoms with Crippen LogP contribution >= 0.6 is 0 Å². The van der Waals surface area contributed by atoms with Gasteiger partial charge in [0.25, 0.3) is 0 Å². The van der Waals surface area contributed by atoms with Crippen LogP contribution in [0.1, 0.15) is 59.8 Å². The first-order valence-electron chi connectivity index (χ1n) is 6.70. The number of terminal acetylenes is 1. The van der Waals surface area contributed by atoms with Crippen LogP contribution in [0.2, 0.25) is 0 Å². The second kappa shape index (κ2) is 5.73. The van der Waals surface area contributed by atoms with E-state index in [4.69, 9.17) is 6.42 Å². The monoisotopic (exact) mass is 221 g/mol. The van der Waals surface area contributed by atoms with Crippen molar-refractivity contribution in [2.75, 3.05) is 0 Å². The van der Waals surface area contributed by atoms with Crippen LogP contribution < -0.4 is 5.32 Å². The van der Waals surface area contributed by atoms with Gasteiger partial charge >= 0.3 is 0 Å². The molecule has 0 aliphatic heterocycles. The summed E-state index contributed by atoms with van der Waals surface area (Å²) in [6.45, 7) is 9.31. The van der Waals surface area contributed by atoms with E-state index in [9.17, 15) is 0 Å². The van der Waals surface area contributed by atoms with Crippen molar-refractivity contribution in [2.24, 2.45) is 11.3 Å². The highest BCUT2D eigenvalue weighted by molar-refractivity contribution is 5.01. The summed E-state index contributed by atoms with van der Waals surface area (Å²) in [6, 6.07) is 0.902. The second-order valence-electron chi connectivity index (χ2n) is 6.17. The molecule has 1 aliphatic rings. The van der Waals surface area contributed by atoms with Crippen LogP contribution in [0, 0.1) is 23.7 Å². The van der Waals surface area contributed by atoms with Crippen molar-refractivity contribution in [1.82, 2.24) is 5.32 Å². The Labute approximate surface area is 101 Å². The molecule has 3 unspecified atom stereocenters. The van der Waals surface area contributed by atoms with Gasteiger partial charge in [0.2, 0.25) is 0 Å². The molecule has 1 rings (SSSR count). The van der Waals surface area contributed by atoms with E-state index in [-0.39, 0.29) is 6.04 Å². The van der Waals surface area contributed by atoms with Gasteiger partial charge in [0.1, 0.15) is 0 Å². The Morgan fingerprint density at radius 3 is 2.69 bits per heavy atom. The molecule has 1 nitrogen and oxygen atoms in total. The molecule has 0 saturated heterocycles. The fraction of sp³-hybridized carbons (Fsp3) is 0.867. The van der Waals surface area contributed by atoms with Gasteiger partial charge in [-0.1, -0.05) is 40.0 Å². The highest BCUT2D eigenvalue weighted by Crippen LogP contribution is 2.38. The van der Waals surface area contributed by atoms with Gasteiger partial charge in [0, 0.05) is 6.04 Å². The van der Waals surface area contributed by atoms with Crippen LogP contribution in [-0.4, -0.2) is 12.1 Å². The summed E-state index contributed by atoms with van der Waals surface area (Å²) in [6.07, 6.45) is 11.7. The van der Waals surface area contributed by atoms with Crippen LogP contribution in [-0.2, 0) is 0 Å². The summed E-state index contributed by atoms with van der Waals surface area (Å²) < 4.78 is 0. The van der Waals surface area contributed by atoms with E-state index in [1.54, 1.807) is 0 Å². The summed E-state index contributed by atoms with van der Waals surface area (Å²) in [5, 5.41) is 3.66. The molecular weight excluding hydrogens is 194 g/mol. The minimum Gasteiger partial charge on any atom is -0.301 e. The van der Waals surface area contributed by atoms with E-state index in [1.165, 1.54) is 19.3 Å². The van der Waals surface area contributed by atoms with E-state index in [0.29, 0.717) is 11.5 Å². The summed E-state index contributed by atoms with van der Waals surface area (Å²) >= 11 is 0. The summed E-state index contributed by atoms with van der Waals surface area (Å²) in [7, 11) is 0. The van der Waals surface area contributed by atoms with E-state index < -0.39 is 0 Å². The van der Waals surface area contributed by atoms with Crippen molar-refractivity contribution in [3.05, 3.63) is 0 Å². The minimum absolute atomic E-state index is 0.277. The van der Waals surface area contributed by atoms with Crippen LogP contribution in [0.3, 0.4) is 0 Å². The fourth-order valence-corrected chi connectivity index (χ4v) is 2.96. The van der Waals surface area contributed by atoms with E-state index in [2.05, 4.69) is 38.9 Å². The molecule has 1 N–H and O–H groups in total. The largest absolute Gasteiger partial charge is 0.301 e. The van der Waals surface area contributed by atoms with E-state index >= 15 is 0 Å². The molecule has 0 bridgehead atoms. The molecule has 1 heteroatoms. The van der Waals surface area contributed by atoms with Crippen molar-refractivity contribution in [3.63, 3.8) is 0 Å². The summed E-state index contributed by atoms with van der Waals surface area (Å²) in [5.41, 5.74) is 0.522. The summed E-state index contributed by atoms with van der Waals surface area (Å²) in [5.74, 6) is 3.63. The first kappa shape index (κ1) is 13.6. The van der Waals surface area contributed by atoms with Crippen molar-refractivity contribution >= 4 is 0 Å². The van der Waals surface area contributed by atoms with Gasteiger partial charge in [-0.05, 0) is 37.0 Å². The van der Waals surface area contributed by atoms with Gasteiger partial charge in [-0.3, -0.25) is 0 Å². The Morgan fingerprint density at radius 2 is 2.19 bits per heavy atom. The Bertz CT molecular complexity index is 249. The molecular formula is C15H27N. The second-order valence-corrected chi connectivity index (χ2v) is 6.17. The van der Waals surface area contributed by atoms with Gasteiger partial charge in [-0.15, -0.1) is 6.42 Å². The minimum atomic E-state index is 0.277. The molecule has 0 radical (unpaired) electrons. The third-order valence-corrected chi connectivity index (χ3v) is 3.89. The Hall–Kier alpha value is -0.480. The smallest absolute Gasteiger partial charge is 0.0689 e. The molecule has 0 amide bonds. The van der Waals surface area contributed by atoms with Crippen molar-refractivity contribution < 1.29 is 0 Å². The van der Waals surface area contributed by atoms with Crippen molar-refractivity contribution in [1.29, 1.82) is 0 Å². The molecule has 3 atom stereocenters. The average molecular weight is 221 g/mol. The number of hydrogen-bond acceptors (Lipinski definition) is 1. The van der Waals surface area contributed by atoms with Crippen molar-refractivity contribution in [2.45, 2.75) is 71.9 Å². The normalized spacial score (nSPS) is 30.7. The maximum Gasteiger partial charge on any atom is 0.0689 e. The lowest BCUT2D eigenvalue weighted by Gasteiger charge is -2.40. The lowest BCUT2D eigenvalue weighted by atomic mass is 9.70. The van der Waals surface area contributed by atoms with Crippen LogP contribution in [0.25, 0.3) is 0 Å². The van der Waals surface area contributed by atoms with Crippen molar-refractivity contribution in [3.8, 4) is 12.3 Å². The van der Waals surface area contributed by atoms with Crippen LogP contribution in [0.4, 0.5) is 0 Å². The van der Waals surface area contributed by atoms with Gasteiger partial charge in [-0.2, -0.15) is 0 Å². The zero-order valence-electron chi connectivity index (χ0n) is 11.3. The first-order chi connectivity index (χ1) is 7.48. The lowest BCUT2D eigenvalue weighted by Crippen LogP contribution is -2.45. The van der Waals surface area contributed by atoms with Gasteiger partial charge in [0.05, 0.1) is 6.04 Å². The van der Waals surface area contributed by atoms with Gasteiger partial charge in [0.15, 0.2) is 0 Å². The lowest BCUT2D eigenvalue weighted by molar-refractivity contribution is 0.145. The molecule has 0 aromatic heterocycles. The van der Waals surface area contributed by atoms with Crippen LogP contribution in [0.15, 0.2) is 0 Å². The Kier molecular flexibility index (Phi) is 4.87. The molecule has 1 fully saturated rings. The standard InChI is InChI=1S/C15H27N/c1-6-8-13(7-2)16-14-9-10-15(4,5)11-12(14)3/h2,12-14,16H,6,8-11H2,1,3-5H3. The van der Waals surface area contributed by atoms with E-state index in [0.717, 1.165) is 18.8 Å². The molecule has 0 aromatic carbocycles. The number of nitrogens with one attached hydrogen (secondary N) is 1. The molecule has 1 saturated carbocycles. The highest BCUT2D eigenvalue weighted by Gasteiger charge is 2.32. The van der Waals surface area contributed by atoms with Gasteiger partial charge in [-0.25, -0.2) is 0 Å². The van der Waals surface area contributed by atoms with E-state index in [1.807, 2.05) is 0 Å². The van der Waals surface area contributed by atoms with Crippen LogP contribution in [0.5, 0.6) is 0 Å². The maximum absolute atomic E-state index is 5.56. The average Bonchev–Trinajstić information content (AvgIpc) is 2.20. The van der Waals surface area contributed by atoms with Gasteiger partial charge < -0.3 is 5.32 Å². The molecule has 0 heterocycles. The Morgan fingerprint density at radius 1 is 1.50 bits per heavy atom. The molecule has 0 aromatic rings. The SMILES string of the molecule is C#CC(CCC)NC1CCC(C)(C)CC1C. The number of hydrogen-bond donors (Lipinski definition) is 1. The third kappa shape index (κ3) is 3.83. The highest BCUT2D eigenvalue weighted by atomic mass is 15.0. The zero-order chi connectivity index (χ0) is 12.2. The molecule has 1 aliphatic carbocycles. The predicted molar refractivity (Wildman–Crippen MR) is 71.2 cm³/mol. The topological polar surface area (TPSA) is 12.0 Å². The Balaban J connectivity index is 2.47. The predicted octanol–water partition coefficient (Wildman–Crippen LogP) is 3.59. The molecule has 0 spiro atoms. The maximum atomic E-state index is 5.56. The third-order valence-electron chi connectivity index (χ3n) is 3.89. The zero-order valence-corrected chi connectivity index (χ0v) is 11.3. The molecule has 16 heavy (non-hydrogen) atoms. The quantitative estimate of drug-likeness (QED) is 0.715. The summed E-state index contributed by atoms with van der Waals surface area (Å²) in [4.78, 5) is 0. The fourth-order valence-electron chi connectivity index (χ4n) is 2.96. The molecule has 92 valence electrons.